The summed E-state index contributed by atoms with van der Waals surface area (Å²) in [5, 5.41) is 0. The highest BCUT2D eigenvalue weighted by molar-refractivity contribution is 5.76. The molecule has 1 aromatic carbocycles. The van der Waals surface area contributed by atoms with Crippen molar-refractivity contribution in [1.29, 1.82) is 0 Å². The van der Waals surface area contributed by atoms with E-state index in [0.29, 0.717) is 6.42 Å². The van der Waals surface area contributed by atoms with Crippen LogP contribution in [0, 0.1) is 5.82 Å². The van der Waals surface area contributed by atoms with Gasteiger partial charge in [0.25, 0.3) is 0 Å². The summed E-state index contributed by atoms with van der Waals surface area (Å²) in [6.07, 6.45) is 3.33. The molecule has 4 nitrogen and oxygen atoms in total. The summed E-state index contributed by atoms with van der Waals surface area (Å²) >= 11 is 0. The van der Waals surface area contributed by atoms with E-state index >= 15 is 0 Å². The van der Waals surface area contributed by atoms with E-state index in [4.69, 9.17) is 0 Å². The number of carbonyl (C=O) groups is 1. The predicted molar refractivity (Wildman–Crippen MR) is 88.9 cm³/mol. The summed E-state index contributed by atoms with van der Waals surface area (Å²) in [6.45, 7) is 3.04. The van der Waals surface area contributed by atoms with Gasteiger partial charge in [-0.05, 0) is 42.8 Å². The number of aromatic nitrogens is 1. The quantitative estimate of drug-likeness (QED) is 0.867. The van der Waals surface area contributed by atoms with Crippen molar-refractivity contribution in [3.05, 3.63) is 54.1 Å². The van der Waals surface area contributed by atoms with Gasteiger partial charge in [0.1, 0.15) is 5.82 Å². The molecule has 1 fully saturated rings. The van der Waals surface area contributed by atoms with Crippen molar-refractivity contribution in [1.82, 2.24) is 9.47 Å². The number of rotatable bonds is 4. The number of aryl methyl sites for hydroxylation is 2. The maximum Gasteiger partial charge on any atom is 0.223 e. The van der Waals surface area contributed by atoms with Gasteiger partial charge < -0.3 is 14.4 Å². The molecule has 1 aliphatic heterocycles. The maximum atomic E-state index is 13.0. The number of benzene rings is 1. The first kappa shape index (κ1) is 15.6. The molecule has 0 spiro atoms. The van der Waals surface area contributed by atoms with E-state index in [1.807, 2.05) is 24.2 Å². The summed E-state index contributed by atoms with van der Waals surface area (Å²) < 4.78 is 15.0. The zero-order valence-corrected chi connectivity index (χ0v) is 13.4. The van der Waals surface area contributed by atoms with Gasteiger partial charge in [0.2, 0.25) is 5.91 Å². The molecule has 0 radical (unpaired) electrons. The van der Waals surface area contributed by atoms with Gasteiger partial charge in [-0.25, -0.2) is 4.39 Å². The average Bonchev–Trinajstić information content (AvgIpc) is 2.99. The fourth-order valence-electron chi connectivity index (χ4n) is 3.02. The van der Waals surface area contributed by atoms with E-state index in [1.165, 1.54) is 17.8 Å². The van der Waals surface area contributed by atoms with Crippen LogP contribution >= 0.6 is 0 Å². The van der Waals surface area contributed by atoms with Gasteiger partial charge in [0.15, 0.2) is 0 Å². The Bertz CT molecular complexity index is 657. The van der Waals surface area contributed by atoms with E-state index in [9.17, 15) is 9.18 Å². The van der Waals surface area contributed by atoms with E-state index in [-0.39, 0.29) is 11.7 Å². The normalized spacial score (nSPS) is 15.0. The van der Waals surface area contributed by atoms with E-state index in [0.717, 1.165) is 38.3 Å². The van der Waals surface area contributed by atoms with Gasteiger partial charge in [-0.1, -0.05) is 0 Å². The molecular formula is C18H22FN3O. The van der Waals surface area contributed by atoms with Gasteiger partial charge in [-0.15, -0.1) is 0 Å². The third-order valence-corrected chi connectivity index (χ3v) is 4.47. The Hall–Kier alpha value is -2.30. The number of hydrogen-bond acceptors (Lipinski definition) is 2. The molecule has 23 heavy (non-hydrogen) atoms. The summed E-state index contributed by atoms with van der Waals surface area (Å²) in [6, 6.07) is 10.6. The largest absolute Gasteiger partial charge is 0.368 e. The zero-order valence-electron chi connectivity index (χ0n) is 13.4. The van der Waals surface area contributed by atoms with Crippen LogP contribution in [0.4, 0.5) is 10.1 Å². The van der Waals surface area contributed by atoms with Crippen LogP contribution in [0.25, 0.3) is 0 Å². The van der Waals surface area contributed by atoms with E-state index in [2.05, 4.69) is 15.5 Å². The fraction of sp³-hybridized carbons (Fsp3) is 0.389. The highest BCUT2D eigenvalue weighted by Crippen LogP contribution is 2.17. The number of carbonyl (C=O) groups excluding carboxylic acids is 1. The van der Waals surface area contributed by atoms with Crippen LogP contribution in [0.1, 0.15) is 12.1 Å². The van der Waals surface area contributed by atoms with Crippen molar-refractivity contribution >= 4 is 11.6 Å². The van der Waals surface area contributed by atoms with Crippen LogP contribution < -0.4 is 4.90 Å². The van der Waals surface area contributed by atoms with Gasteiger partial charge in [0, 0.05) is 57.2 Å². The number of hydrogen-bond donors (Lipinski definition) is 0. The Morgan fingerprint density at radius 3 is 2.39 bits per heavy atom. The molecule has 0 unspecified atom stereocenters. The summed E-state index contributed by atoms with van der Waals surface area (Å²) in [5.74, 6) is -0.00630. The molecule has 1 amide bonds. The second-order valence-corrected chi connectivity index (χ2v) is 5.95. The van der Waals surface area contributed by atoms with Crippen molar-refractivity contribution < 1.29 is 9.18 Å². The van der Waals surface area contributed by atoms with Gasteiger partial charge in [-0.3, -0.25) is 4.79 Å². The SMILES string of the molecule is Cn1cccc1CCC(=O)N1CCN(c2ccc(F)cc2)CC1. The number of nitrogens with zero attached hydrogens (tertiary/aromatic N) is 3. The van der Waals surface area contributed by atoms with Crippen LogP contribution in [0.2, 0.25) is 0 Å². The average molecular weight is 315 g/mol. The number of anilines is 1. The molecule has 1 aromatic heterocycles. The zero-order chi connectivity index (χ0) is 16.2. The minimum Gasteiger partial charge on any atom is -0.368 e. The number of amides is 1. The van der Waals surface area contributed by atoms with Crippen LogP contribution in [0.5, 0.6) is 0 Å². The summed E-state index contributed by atoms with van der Waals surface area (Å²) in [4.78, 5) is 16.5. The smallest absolute Gasteiger partial charge is 0.223 e. The topological polar surface area (TPSA) is 28.5 Å². The third-order valence-electron chi connectivity index (χ3n) is 4.47. The lowest BCUT2D eigenvalue weighted by Crippen LogP contribution is -2.48. The molecule has 5 heteroatoms. The van der Waals surface area contributed by atoms with Crippen LogP contribution in [0.15, 0.2) is 42.6 Å². The first-order chi connectivity index (χ1) is 11.1. The molecule has 1 saturated heterocycles. The highest BCUT2D eigenvalue weighted by Gasteiger charge is 2.21. The molecule has 0 saturated carbocycles. The first-order valence-electron chi connectivity index (χ1n) is 8.02. The van der Waals surface area contributed by atoms with Crippen LogP contribution in [0.3, 0.4) is 0 Å². The predicted octanol–water partition coefficient (Wildman–Crippen LogP) is 2.45. The lowest BCUT2D eigenvalue weighted by Gasteiger charge is -2.36. The van der Waals surface area contributed by atoms with Crippen LogP contribution in [-0.4, -0.2) is 41.6 Å². The van der Waals surface area contributed by atoms with Crippen molar-refractivity contribution in [3.63, 3.8) is 0 Å². The second kappa shape index (κ2) is 6.86. The molecule has 2 aromatic rings. The fourth-order valence-corrected chi connectivity index (χ4v) is 3.02. The highest BCUT2D eigenvalue weighted by atomic mass is 19.1. The Morgan fingerprint density at radius 1 is 1.09 bits per heavy atom. The van der Waals surface area contributed by atoms with Gasteiger partial charge in [-0.2, -0.15) is 0 Å². The third kappa shape index (κ3) is 3.73. The van der Waals surface area contributed by atoms with Crippen molar-refractivity contribution in [3.8, 4) is 0 Å². The molecule has 0 atom stereocenters. The Kier molecular flexibility index (Phi) is 4.65. The molecule has 1 aliphatic rings. The minimum absolute atomic E-state index is 0.213. The minimum atomic E-state index is -0.219. The van der Waals surface area contributed by atoms with Crippen LogP contribution in [-0.2, 0) is 18.3 Å². The summed E-state index contributed by atoms with van der Waals surface area (Å²) in [5.41, 5.74) is 2.20. The van der Waals surface area contributed by atoms with Crippen molar-refractivity contribution in [2.45, 2.75) is 12.8 Å². The van der Waals surface area contributed by atoms with E-state index in [1.54, 1.807) is 12.1 Å². The molecule has 2 heterocycles. The molecule has 0 aliphatic carbocycles. The van der Waals surface area contributed by atoms with Gasteiger partial charge in [0.05, 0.1) is 0 Å². The summed E-state index contributed by atoms with van der Waals surface area (Å²) in [7, 11) is 2.00. The Balaban J connectivity index is 1.49. The lowest BCUT2D eigenvalue weighted by atomic mass is 10.2. The molecular weight excluding hydrogens is 293 g/mol. The second-order valence-electron chi connectivity index (χ2n) is 5.95. The van der Waals surface area contributed by atoms with Crippen molar-refractivity contribution in [2.24, 2.45) is 7.05 Å². The Morgan fingerprint density at radius 2 is 1.78 bits per heavy atom. The van der Waals surface area contributed by atoms with Gasteiger partial charge >= 0.3 is 0 Å². The lowest BCUT2D eigenvalue weighted by molar-refractivity contribution is -0.131. The monoisotopic (exact) mass is 315 g/mol. The molecule has 122 valence electrons. The maximum absolute atomic E-state index is 13.0. The number of halogens is 1. The standard InChI is InChI=1S/C18H22FN3O/c1-20-10-2-3-16(20)8-9-18(23)22-13-11-21(12-14-22)17-6-4-15(19)5-7-17/h2-7,10H,8-9,11-14H2,1H3. The first-order valence-corrected chi connectivity index (χ1v) is 8.02. The number of piperazine rings is 1. The molecule has 3 rings (SSSR count). The van der Waals surface area contributed by atoms with Crippen molar-refractivity contribution in [2.75, 3.05) is 31.1 Å². The molecule has 0 bridgehead atoms. The van der Waals surface area contributed by atoms with E-state index < -0.39 is 0 Å². The molecule has 0 N–H and O–H groups in total. The Labute approximate surface area is 136 Å².